The Kier molecular flexibility index (Phi) is 9.26. The van der Waals surface area contributed by atoms with Crippen molar-refractivity contribution in [3.63, 3.8) is 0 Å². The maximum atomic E-state index is 16.6. The normalized spacial score (nSPS) is 22.4. The highest BCUT2D eigenvalue weighted by Crippen LogP contribution is 2.60. The number of hydrogen-bond donors (Lipinski definition) is 3. The van der Waals surface area contributed by atoms with Gasteiger partial charge >= 0.3 is 12.2 Å². The average molecular weight is 697 g/mol. The van der Waals surface area contributed by atoms with Crippen molar-refractivity contribution < 1.29 is 35.8 Å². The van der Waals surface area contributed by atoms with Gasteiger partial charge in [-0.1, -0.05) is 13.8 Å². The summed E-state index contributed by atoms with van der Waals surface area (Å²) in [4.78, 5) is 19.0. The summed E-state index contributed by atoms with van der Waals surface area (Å²) in [5.74, 6) is -3.98. The van der Waals surface area contributed by atoms with E-state index >= 15 is 4.39 Å². The number of alkyl halides is 5. The molecule has 1 unspecified atom stereocenters. The van der Waals surface area contributed by atoms with E-state index in [0.717, 1.165) is 25.8 Å². The van der Waals surface area contributed by atoms with Gasteiger partial charge < -0.3 is 30.7 Å². The van der Waals surface area contributed by atoms with E-state index in [4.69, 9.17) is 15.2 Å². The van der Waals surface area contributed by atoms with Gasteiger partial charge in [0.2, 0.25) is 5.88 Å². The Balaban J connectivity index is 0.00000205. The molecular formula is C33H42F6N8O2. The van der Waals surface area contributed by atoms with Crippen molar-refractivity contribution >= 4 is 22.5 Å². The van der Waals surface area contributed by atoms with Gasteiger partial charge in [0.05, 0.1) is 29.4 Å². The van der Waals surface area contributed by atoms with E-state index in [1.807, 2.05) is 18.7 Å². The van der Waals surface area contributed by atoms with E-state index in [1.165, 1.54) is 0 Å². The largest absolute Gasteiger partial charge is 0.474 e. The Morgan fingerprint density at radius 3 is 2.41 bits per heavy atom. The fourth-order valence-electron chi connectivity index (χ4n) is 6.96. The summed E-state index contributed by atoms with van der Waals surface area (Å²) in [6.07, 6.45) is -2.69. The molecular weight excluding hydrogens is 654 g/mol. The number of nitrogens with two attached hydrogens (primary N) is 1. The Morgan fingerprint density at radius 2 is 1.78 bits per heavy atom. The number of anilines is 2. The van der Waals surface area contributed by atoms with Crippen LogP contribution in [0.4, 0.5) is 38.0 Å². The van der Waals surface area contributed by atoms with Crippen LogP contribution in [0.5, 0.6) is 11.9 Å². The van der Waals surface area contributed by atoms with Gasteiger partial charge in [-0.05, 0) is 52.1 Å². The van der Waals surface area contributed by atoms with Gasteiger partial charge in [0, 0.05) is 50.1 Å². The molecule has 10 nitrogen and oxygen atoms in total. The van der Waals surface area contributed by atoms with Crippen LogP contribution in [0.2, 0.25) is 0 Å². The Labute approximate surface area is 280 Å². The number of rotatable bonds is 6. The number of nitrogens with one attached hydrogen (secondary N) is 2. The van der Waals surface area contributed by atoms with Crippen LogP contribution < -0.4 is 25.8 Å². The van der Waals surface area contributed by atoms with Gasteiger partial charge in [0.25, 0.3) is 5.92 Å². The number of likely N-dealkylation sites (tertiary alicyclic amines) is 1. The minimum atomic E-state index is -4.89. The average Bonchev–Trinajstić information content (AvgIpc) is 3.79. The number of nitrogen functional groups attached to an aromatic ring is 1. The zero-order valence-electron chi connectivity index (χ0n) is 28.0. The van der Waals surface area contributed by atoms with Crippen molar-refractivity contribution in [3.8, 4) is 23.1 Å². The maximum absolute atomic E-state index is 16.6. The zero-order valence-corrected chi connectivity index (χ0v) is 28.0. The number of halogens is 6. The van der Waals surface area contributed by atoms with Crippen molar-refractivity contribution in [2.24, 2.45) is 10.8 Å². The number of hydrogen-bond acceptors (Lipinski definition) is 10. The molecule has 49 heavy (non-hydrogen) atoms. The molecule has 3 aromatic heterocycles. The quantitative estimate of drug-likeness (QED) is 0.256. The summed E-state index contributed by atoms with van der Waals surface area (Å²) in [5, 5.41) is 6.47. The number of pyridine rings is 2. The molecule has 4 aliphatic rings. The predicted molar refractivity (Wildman–Crippen MR) is 172 cm³/mol. The van der Waals surface area contributed by atoms with Crippen molar-refractivity contribution in [2.75, 3.05) is 56.9 Å². The van der Waals surface area contributed by atoms with Crippen molar-refractivity contribution in [1.82, 2.24) is 30.2 Å². The Morgan fingerprint density at radius 1 is 1.04 bits per heavy atom. The van der Waals surface area contributed by atoms with Gasteiger partial charge in [-0.2, -0.15) is 23.1 Å². The van der Waals surface area contributed by atoms with Crippen molar-refractivity contribution in [3.05, 3.63) is 23.1 Å². The van der Waals surface area contributed by atoms with Gasteiger partial charge in [-0.15, -0.1) is 0 Å². The van der Waals surface area contributed by atoms with Crippen molar-refractivity contribution in [1.29, 1.82) is 0 Å². The smallest absolute Gasteiger partial charge is 0.418 e. The first-order valence-electron chi connectivity index (χ1n) is 16.8. The topological polar surface area (TPSA) is 123 Å². The van der Waals surface area contributed by atoms with Crippen LogP contribution in [-0.2, 0) is 6.18 Å². The molecule has 5 heterocycles. The molecule has 16 heteroatoms. The lowest BCUT2D eigenvalue weighted by atomic mass is 9.60. The Hall–Kier alpha value is -3.66. The third kappa shape index (κ3) is 6.65. The van der Waals surface area contributed by atoms with E-state index < -0.39 is 51.9 Å². The van der Waals surface area contributed by atoms with Gasteiger partial charge in [0.15, 0.2) is 5.82 Å². The highest BCUT2D eigenvalue weighted by molar-refractivity contribution is 5.96. The Bertz CT molecular complexity index is 1710. The summed E-state index contributed by atoms with van der Waals surface area (Å²) in [5.41, 5.74) is 1.46. The highest BCUT2D eigenvalue weighted by Gasteiger charge is 2.67. The molecule has 1 saturated heterocycles. The molecule has 2 aliphatic carbocycles. The van der Waals surface area contributed by atoms with Crippen LogP contribution in [0.1, 0.15) is 64.1 Å². The molecule has 0 radical (unpaired) electrons. The van der Waals surface area contributed by atoms with Gasteiger partial charge in [0.1, 0.15) is 28.2 Å². The second-order valence-electron chi connectivity index (χ2n) is 13.5. The van der Waals surface area contributed by atoms with Crippen molar-refractivity contribution in [2.45, 2.75) is 78.0 Å². The third-order valence-corrected chi connectivity index (χ3v) is 9.89. The van der Waals surface area contributed by atoms with Crippen LogP contribution in [0, 0.1) is 23.6 Å². The summed E-state index contributed by atoms with van der Waals surface area (Å²) < 4.78 is 99.8. The molecule has 3 aromatic rings. The van der Waals surface area contributed by atoms with E-state index in [0.29, 0.717) is 52.1 Å². The van der Waals surface area contributed by atoms with E-state index in [1.54, 1.807) is 6.92 Å². The van der Waals surface area contributed by atoms with Crippen LogP contribution >= 0.6 is 0 Å². The second-order valence-corrected chi connectivity index (χ2v) is 13.5. The molecule has 268 valence electrons. The highest BCUT2D eigenvalue weighted by atomic mass is 19.4. The molecule has 1 spiro atoms. The third-order valence-electron chi connectivity index (χ3n) is 9.89. The lowest BCUT2D eigenvalue weighted by Crippen LogP contribution is -2.70. The number of ether oxygens (including phenoxy) is 2. The summed E-state index contributed by atoms with van der Waals surface area (Å²) in [6.45, 7) is 9.87. The molecule has 2 aliphatic heterocycles. The summed E-state index contributed by atoms with van der Waals surface area (Å²) >= 11 is 0. The van der Waals surface area contributed by atoms with E-state index in [9.17, 15) is 22.0 Å². The molecule has 2 saturated carbocycles. The van der Waals surface area contributed by atoms with E-state index in [2.05, 4.69) is 30.6 Å². The molecule has 0 amide bonds. The first-order chi connectivity index (χ1) is 23.2. The lowest BCUT2D eigenvalue weighted by Gasteiger charge is -2.60. The van der Waals surface area contributed by atoms with Crippen LogP contribution in [-0.4, -0.2) is 82.7 Å². The standard InChI is InChI=1S/C31H36F6N8O2.C2H6/c1-16-3-8-39-9-10-40-25-20-24(22(32)23(42-26(20)47-16)18-11-19(38)41-17(2)21(18)31(35,36)37)43-27(44-25)46-15-28(4-5-28)12-45-13-29(14-45)6-7-30(29,33)34;1-2/h11,16,39H,3-10,12-15H2,1-2H3,(H2,38,41)(H,40,43,44);1-2H3. The van der Waals surface area contributed by atoms with Gasteiger partial charge in [-0.3, -0.25) is 0 Å². The van der Waals surface area contributed by atoms with Crippen LogP contribution in [0.25, 0.3) is 22.2 Å². The molecule has 4 N–H and O–H groups in total. The number of aromatic nitrogens is 4. The van der Waals surface area contributed by atoms with Gasteiger partial charge in [-0.25, -0.2) is 23.1 Å². The first-order valence-corrected chi connectivity index (χ1v) is 16.8. The summed E-state index contributed by atoms with van der Waals surface area (Å²) in [6, 6.07) is 0.753. The second kappa shape index (κ2) is 12.9. The minimum absolute atomic E-state index is 0.0631. The summed E-state index contributed by atoms with van der Waals surface area (Å²) in [7, 11) is 0. The molecule has 0 bridgehead atoms. The molecule has 3 fully saturated rings. The minimum Gasteiger partial charge on any atom is -0.474 e. The maximum Gasteiger partial charge on any atom is 0.418 e. The SMILES string of the molecule is CC.Cc1nc(N)cc(-c2nc3c4c(nc(OCC5(CN6CC7(CCC7(F)F)C6)CC5)nc4c2F)NCCNCCC(C)O3)c1C(F)(F)F. The number of aryl methyl sites for hydroxylation is 1. The fourth-order valence-corrected chi connectivity index (χ4v) is 6.96. The predicted octanol–water partition coefficient (Wildman–Crippen LogP) is 6.22. The lowest BCUT2D eigenvalue weighted by molar-refractivity contribution is -0.260. The first kappa shape index (κ1) is 35.2. The fraction of sp³-hybridized carbons (Fsp3) is 0.636. The zero-order chi connectivity index (χ0) is 35.4. The monoisotopic (exact) mass is 696 g/mol. The van der Waals surface area contributed by atoms with Crippen LogP contribution in [0.3, 0.4) is 0 Å². The molecule has 7 rings (SSSR count). The molecule has 1 atom stereocenters. The number of nitrogens with zero attached hydrogens (tertiary/aromatic N) is 5. The van der Waals surface area contributed by atoms with E-state index in [-0.39, 0.29) is 52.9 Å². The molecule has 0 aromatic carbocycles. The van der Waals surface area contributed by atoms with Crippen LogP contribution in [0.15, 0.2) is 6.07 Å².